The second-order valence-electron chi connectivity index (χ2n) is 2.15. The molecule has 0 saturated carbocycles. The molecular formula is C7H7N3. The lowest BCUT2D eigenvalue weighted by atomic mass is 10.3. The van der Waals surface area contributed by atoms with Gasteiger partial charge in [-0.05, 0) is 18.2 Å². The van der Waals surface area contributed by atoms with Crippen LogP contribution in [0.5, 0.6) is 0 Å². The van der Waals surface area contributed by atoms with E-state index in [1.165, 1.54) is 0 Å². The summed E-state index contributed by atoms with van der Waals surface area (Å²) in [6, 6.07) is 5.69. The van der Waals surface area contributed by atoms with Crippen molar-refractivity contribution in [1.82, 2.24) is 9.97 Å². The smallest absolute Gasteiger partial charge is 0.139 e. The van der Waals surface area contributed by atoms with Crippen LogP contribution in [0.3, 0.4) is 0 Å². The van der Waals surface area contributed by atoms with Crippen LogP contribution in [0.2, 0.25) is 0 Å². The van der Waals surface area contributed by atoms with E-state index < -0.39 is 0 Å². The molecule has 10 heavy (non-hydrogen) atoms. The van der Waals surface area contributed by atoms with Gasteiger partial charge in [-0.2, -0.15) is 0 Å². The van der Waals surface area contributed by atoms with Gasteiger partial charge in [-0.3, -0.25) is 0 Å². The first-order valence-corrected chi connectivity index (χ1v) is 3.06. The van der Waals surface area contributed by atoms with Crippen LogP contribution in [0, 0.1) is 0 Å². The van der Waals surface area contributed by atoms with Crippen molar-refractivity contribution in [3.05, 3.63) is 24.4 Å². The number of hydrogen-bond acceptors (Lipinski definition) is 2. The van der Waals surface area contributed by atoms with Crippen molar-refractivity contribution in [2.75, 3.05) is 5.73 Å². The first-order valence-electron chi connectivity index (χ1n) is 3.06. The maximum absolute atomic E-state index is 5.45. The molecule has 0 bridgehead atoms. The molecule has 0 aliphatic carbocycles. The highest BCUT2D eigenvalue weighted by atomic mass is 14.9. The summed E-state index contributed by atoms with van der Waals surface area (Å²) in [5, 5.41) is 1.09. The van der Waals surface area contributed by atoms with Crippen LogP contribution in [-0.4, -0.2) is 9.97 Å². The summed E-state index contributed by atoms with van der Waals surface area (Å²) in [7, 11) is 0. The van der Waals surface area contributed by atoms with E-state index in [-0.39, 0.29) is 0 Å². The van der Waals surface area contributed by atoms with Crippen molar-refractivity contribution in [2.45, 2.75) is 0 Å². The van der Waals surface area contributed by atoms with Crippen molar-refractivity contribution >= 4 is 16.9 Å². The summed E-state index contributed by atoms with van der Waals surface area (Å²) in [5.74, 6) is 0.551. The highest BCUT2D eigenvalue weighted by molar-refractivity contribution is 5.76. The third-order valence-corrected chi connectivity index (χ3v) is 1.43. The average molecular weight is 133 g/mol. The van der Waals surface area contributed by atoms with Crippen LogP contribution in [0.15, 0.2) is 24.4 Å². The Morgan fingerprint density at radius 1 is 1.30 bits per heavy atom. The van der Waals surface area contributed by atoms with E-state index in [0.717, 1.165) is 11.0 Å². The summed E-state index contributed by atoms with van der Waals surface area (Å²) < 4.78 is 0. The fourth-order valence-corrected chi connectivity index (χ4v) is 0.945. The van der Waals surface area contributed by atoms with E-state index in [9.17, 15) is 0 Å². The van der Waals surface area contributed by atoms with Crippen LogP contribution in [-0.2, 0) is 0 Å². The Morgan fingerprint density at radius 3 is 3.10 bits per heavy atom. The first kappa shape index (κ1) is 5.29. The number of pyridine rings is 1. The Bertz CT molecular complexity index is 350. The number of anilines is 1. The first-order chi connectivity index (χ1) is 4.86. The molecule has 2 aromatic rings. The Morgan fingerprint density at radius 2 is 2.20 bits per heavy atom. The van der Waals surface area contributed by atoms with Gasteiger partial charge in [-0.1, -0.05) is 0 Å². The van der Waals surface area contributed by atoms with Gasteiger partial charge in [-0.15, -0.1) is 0 Å². The minimum Gasteiger partial charge on any atom is -0.384 e. The van der Waals surface area contributed by atoms with E-state index >= 15 is 0 Å². The zero-order chi connectivity index (χ0) is 6.97. The van der Waals surface area contributed by atoms with Gasteiger partial charge in [0.2, 0.25) is 0 Å². The average Bonchev–Trinajstić information content (AvgIpc) is 2.33. The molecule has 3 nitrogen and oxygen atoms in total. The van der Waals surface area contributed by atoms with Gasteiger partial charge in [0.15, 0.2) is 0 Å². The van der Waals surface area contributed by atoms with Crippen molar-refractivity contribution in [3.8, 4) is 0 Å². The lowest BCUT2D eigenvalue weighted by molar-refractivity contribution is 1.33. The Hall–Kier alpha value is -1.51. The van der Waals surface area contributed by atoms with E-state index in [0.29, 0.717) is 5.82 Å². The van der Waals surface area contributed by atoms with Gasteiger partial charge in [0.25, 0.3) is 0 Å². The number of nitrogen functional groups attached to an aromatic ring is 1. The minimum atomic E-state index is 0.551. The molecule has 0 amide bonds. The number of aromatic nitrogens is 2. The quantitative estimate of drug-likeness (QED) is 0.566. The number of rotatable bonds is 0. The summed E-state index contributed by atoms with van der Waals surface area (Å²) >= 11 is 0. The molecule has 2 rings (SSSR count). The number of aromatic amines is 1. The Kier molecular flexibility index (Phi) is 0.917. The van der Waals surface area contributed by atoms with Gasteiger partial charge >= 0.3 is 0 Å². The van der Waals surface area contributed by atoms with Crippen LogP contribution in [0.4, 0.5) is 5.82 Å². The van der Waals surface area contributed by atoms with Crippen molar-refractivity contribution < 1.29 is 0 Å². The molecule has 0 saturated heterocycles. The number of fused-ring (bicyclic) bond motifs is 1. The zero-order valence-electron chi connectivity index (χ0n) is 5.33. The highest BCUT2D eigenvalue weighted by Crippen LogP contribution is 2.10. The molecule has 3 N–H and O–H groups in total. The maximum atomic E-state index is 5.45. The lowest BCUT2D eigenvalue weighted by Gasteiger charge is -1.89. The fourth-order valence-electron chi connectivity index (χ4n) is 0.945. The topological polar surface area (TPSA) is 54.7 Å². The molecule has 2 heterocycles. The summed E-state index contributed by atoms with van der Waals surface area (Å²) in [4.78, 5) is 7.03. The van der Waals surface area contributed by atoms with Gasteiger partial charge in [-0.25, -0.2) is 4.98 Å². The molecule has 3 heteroatoms. The second kappa shape index (κ2) is 1.73. The van der Waals surface area contributed by atoms with Crippen molar-refractivity contribution in [3.63, 3.8) is 0 Å². The fraction of sp³-hybridized carbons (Fsp3) is 0. The molecule has 0 atom stereocenters. The largest absolute Gasteiger partial charge is 0.384 e. The standard InChI is InChI=1S/C7H7N3/c8-6-2-1-5-3-4-9-7(5)10-6/h1-4H,(H3,8,9,10). The molecule has 0 radical (unpaired) electrons. The van der Waals surface area contributed by atoms with E-state index in [4.69, 9.17) is 5.73 Å². The molecule has 0 aliphatic rings. The predicted molar refractivity (Wildman–Crippen MR) is 40.5 cm³/mol. The number of hydrogen-bond donors (Lipinski definition) is 2. The summed E-state index contributed by atoms with van der Waals surface area (Å²) in [6.45, 7) is 0. The van der Waals surface area contributed by atoms with Crippen LogP contribution < -0.4 is 5.73 Å². The molecule has 0 spiro atoms. The highest BCUT2D eigenvalue weighted by Gasteiger charge is 1.93. The van der Waals surface area contributed by atoms with Crippen molar-refractivity contribution in [1.29, 1.82) is 0 Å². The number of nitrogens with two attached hydrogens (primary N) is 1. The molecule has 0 aliphatic heterocycles. The summed E-state index contributed by atoms with van der Waals surface area (Å²) in [5.41, 5.74) is 6.30. The van der Waals surface area contributed by atoms with Crippen LogP contribution in [0.25, 0.3) is 11.0 Å². The van der Waals surface area contributed by atoms with Crippen LogP contribution in [0.1, 0.15) is 0 Å². The zero-order valence-corrected chi connectivity index (χ0v) is 5.33. The summed E-state index contributed by atoms with van der Waals surface area (Å²) in [6.07, 6.45) is 1.84. The Balaban J connectivity index is 2.86. The second-order valence-corrected chi connectivity index (χ2v) is 2.15. The Labute approximate surface area is 57.9 Å². The number of H-pyrrole nitrogens is 1. The van der Waals surface area contributed by atoms with E-state index in [2.05, 4.69) is 9.97 Å². The SMILES string of the molecule is Nc1ccc2cc[nH]c2n1. The van der Waals surface area contributed by atoms with E-state index in [1.54, 1.807) is 6.07 Å². The van der Waals surface area contributed by atoms with Crippen LogP contribution >= 0.6 is 0 Å². The third-order valence-electron chi connectivity index (χ3n) is 1.43. The van der Waals surface area contributed by atoms with E-state index in [1.807, 2.05) is 18.3 Å². The van der Waals surface area contributed by atoms with Gasteiger partial charge in [0, 0.05) is 11.6 Å². The maximum Gasteiger partial charge on any atom is 0.139 e. The molecule has 0 aromatic carbocycles. The van der Waals surface area contributed by atoms with Gasteiger partial charge < -0.3 is 10.7 Å². The third kappa shape index (κ3) is 0.639. The van der Waals surface area contributed by atoms with Gasteiger partial charge in [0.05, 0.1) is 0 Å². The molecular weight excluding hydrogens is 126 g/mol. The molecule has 0 unspecified atom stereocenters. The normalized spacial score (nSPS) is 10.4. The monoisotopic (exact) mass is 133 g/mol. The molecule has 0 fully saturated rings. The predicted octanol–water partition coefficient (Wildman–Crippen LogP) is 1.15. The van der Waals surface area contributed by atoms with Crippen molar-refractivity contribution in [2.24, 2.45) is 0 Å². The molecule has 50 valence electrons. The van der Waals surface area contributed by atoms with Gasteiger partial charge in [0.1, 0.15) is 11.5 Å². The number of nitrogens with one attached hydrogen (secondary N) is 1. The minimum absolute atomic E-state index is 0.551. The molecule has 2 aromatic heterocycles. The lowest BCUT2D eigenvalue weighted by Crippen LogP contribution is -1.88. The number of nitrogens with zero attached hydrogens (tertiary/aromatic N) is 1.